The van der Waals surface area contributed by atoms with Gasteiger partial charge in [0.05, 0.1) is 18.2 Å². The molecular weight excluding hydrogens is 411 g/mol. The molecule has 0 aliphatic heterocycles. The summed E-state index contributed by atoms with van der Waals surface area (Å²) in [6, 6.07) is 13.2. The van der Waals surface area contributed by atoms with Gasteiger partial charge in [0.15, 0.2) is 5.82 Å². The predicted molar refractivity (Wildman–Crippen MR) is 105 cm³/mol. The van der Waals surface area contributed by atoms with Gasteiger partial charge in [-0.15, -0.1) is 18.3 Å². The maximum absolute atomic E-state index is 12.3. The maximum atomic E-state index is 12.3. The van der Waals surface area contributed by atoms with Crippen LogP contribution in [0.25, 0.3) is 17.1 Å². The van der Waals surface area contributed by atoms with E-state index in [4.69, 9.17) is 4.74 Å². The first-order valence-corrected chi connectivity index (χ1v) is 9.86. The zero-order chi connectivity index (χ0) is 22.0. The third-order valence-corrected chi connectivity index (χ3v) is 5.05. The minimum absolute atomic E-state index is 0.00455. The molecule has 0 N–H and O–H groups in total. The molecule has 162 valence electrons. The number of ether oxygens (including phenoxy) is 2. The first kappa shape index (κ1) is 20.9. The molecule has 1 aromatic heterocycles. The first-order valence-electron chi connectivity index (χ1n) is 9.86. The largest absolute Gasteiger partial charge is 0.573 e. The molecule has 1 fully saturated rings. The quantitative estimate of drug-likeness (QED) is 0.513. The molecule has 0 spiro atoms. The minimum Gasteiger partial charge on any atom is -0.466 e. The lowest BCUT2D eigenvalue weighted by atomic mass is 10.1. The molecule has 1 saturated carbocycles. The van der Waals surface area contributed by atoms with Gasteiger partial charge in [0, 0.05) is 5.56 Å². The maximum Gasteiger partial charge on any atom is 0.573 e. The van der Waals surface area contributed by atoms with E-state index in [0.717, 1.165) is 24.0 Å². The van der Waals surface area contributed by atoms with Crippen molar-refractivity contribution in [3.8, 4) is 22.8 Å². The van der Waals surface area contributed by atoms with Crippen molar-refractivity contribution in [3.05, 3.63) is 60.4 Å². The zero-order valence-electron chi connectivity index (χ0n) is 16.7. The SMILES string of the molecule is CCOC(=O)C1CC1Cc1ccc(-c2ncn(-c3ccc(OC(F)(F)F)cc3)n2)cc1. The number of esters is 1. The number of halogens is 3. The van der Waals surface area contributed by atoms with E-state index in [-0.39, 0.29) is 17.6 Å². The molecule has 2 unspecified atom stereocenters. The van der Waals surface area contributed by atoms with Crippen LogP contribution in [0.1, 0.15) is 18.9 Å². The molecule has 31 heavy (non-hydrogen) atoms. The van der Waals surface area contributed by atoms with Gasteiger partial charge in [0.25, 0.3) is 0 Å². The van der Waals surface area contributed by atoms with Gasteiger partial charge in [-0.05, 0) is 55.5 Å². The highest BCUT2D eigenvalue weighted by molar-refractivity contribution is 5.75. The number of benzene rings is 2. The van der Waals surface area contributed by atoms with Gasteiger partial charge < -0.3 is 9.47 Å². The second-order valence-corrected chi connectivity index (χ2v) is 7.31. The van der Waals surface area contributed by atoms with Crippen molar-refractivity contribution in [3.63, 3.8) is 0 Å². The van der Waals surface area contributed by atoms with Crippen LogP contribution in [-0.2, 0) is 16.0 Å². The van der Waals surface area contributed by atoms with E-state index in [1.54, 1.807) is 6.92 Å². The van der Waals surface area contributed by atoms with Gasteiger partial charge in [0.2, 0.25) is 0 Å². The summed E-state index contributed by atoms with van der Waals surface area (Å²) >= 11 is 0. The molecule has 1 aliphatic carbocycles. The summed E-state index contributed by atoms with van der Waals surface area (Å²) in [7, 11) is 0. The Kier molecular flexibility index (Phi) is 5.67. The number of rotatable bonds is 7. The Bertz CT molecular complexity index is 1050. The molecule has 3 aromatic rings. The van der Waals surface area contributed by atoms with Gasteiger partial charge in [0.1, 0.15) is 12.1 Å². The number of hydrogen-bond acceptors (Lipinski definition) is 5. The average Bonchev–Trinajstić information content (AvgIpc) is 3.31. The zero-order valence-corrected chi connectivity index (χ0v) is 16.7. The van der Waals surface area contributed by atoms with Crippen molar-refractivity contribution in [1.29, 1.82) is 0 Å². The van der Waals surface area contributed by atoms with Gasteiger partial charge in [-0.1, -0.05) is 24.3 Å². The molecule has 2 aromatic carbocycles. The predicted octanol–water partition coefficient (Wildman–Crippen LogP) is 4.57. The fraction of sp³-hybridized carbons (Fsp3) is 0.318. The summed E-state index contributed by atoms with van der Waals surface area (Å²) in [5.41, 5.74) is 2.50. The van der Waals surface area contributed by atoms with E-state index in [0.29, 0.717) is 24.0 Å². The number of alkyl halides is 3. The van der Waals surface area contributed by atoms with Crippen LogP contribution in [0.3, 0.4) is 0 Å². The van der Waals surface area contributed by atoms with E-state index < -0.39 is 6.36 Å². The molecule has 2 atom stereocenters. The monoisotopic (exact) mass is 431 g/mol. The Morgan fingerprint density at radius 1 is 1.13 bits per heavy atom. The third-order valence-electron chi connectivity index (χ3n) is 5.05. The van der Waals surface area contributed by atoms with Gasteiger partial charge in [-0.2, -0.15) is 0 Å². The van der Waals surface area contributed by atoms with Gasteiger partial charge in [-0.3, -0.25) is 4.79 Å². The van der Waals surface area contributed by atoms with Crippen molar-refractivity contribution in [1.82, 2.24) is 14.8 Å². The van der Waals surface area contributed by atoms with Crippen molar-refractivity contribution < 1.29 is 27.4 Å². The molecule has 9 heteroatoms. The fourth-order valence-electron chi connectivity index (χ4n) is 3.42. The summed E-state index contributed by atoms with van der Waals surface area (Å²) in [4.78, 5) is 16.0. The summed E-state index contributed by atoms with van der Waals surface area (Å²) in [6.07, 6.45) is -1.55. The summed E-state index contributed by atoms with van der Waals surface area (Å²) in [6.45, 7) is 2.21. The molecule has 4 rings (SSSR count). The number of carbonyl (C=O) groups is 1. The molecule has 0 bridgehead atoms. The van der Waals surface area contributed by atoms with E-state index in [1.807, 2.05) is 24.3 Å². The fourth-order valence-corrected chi connectivity index (χ4v) is 3.42. The molecule has 0 saturated heterocycles. The van der Waals surface area contributed by atoms with Crippen molar-refractivity contribution in [2.24, 2.45) is 11.8 Å². The highest BCUT2D eigenvalue weighted by Gasteiger charge is 2.43. The van der Waals surface area contributed by atoms with Gasteiger partial charge in [-0.25, -0.2) is 9.67 Å². The lowest BCUT2D eigenvalue weighted by molar-refractivity contribution is -0.274. The standard InChI is InChI=1S/C22H20F3N3O3/c1-2-30-21(29)19-12-16(19)11-14-3-5-15(6-4-14)20-26-13-28(27-20)17-7-9-18(10-8-17)31-22(23,24)25/h3-10,13,16,19H,2,11-12H2,1H3. The molecule has 1 heterocycles. The molecule has 6 nitrogen and oxygen atoms in total. The highest BCUT2D eigenvalue weighted by Crippen LogP contribution is 2.42. The molecule has 0 radical (unpaired) electrons. The highest BCUT2D eigenvalue weighted by atomic mass is 19.4. The normalized spacial score (nSPS) is 17.9. The first-order chi connectivity index (χ1) is 14.8. The lowest BCUT2D eigenvalue weighted by Crippen LogP contribution is -2.17. The number of carbonyl (C=O) groups excluding carboxylic acids is 1. The molecule has 0 amide bonds. The van der Waals surface area contributed by atoms with E-state index >= 15 is 0 Å². The summed E-state index contributed by atoms with van der Waals surface area (Å²) in [5, 5.41) is 4.39. The lowest BCUT2D eigenvalue weighted by Gasteiger charge is -2.09. The van der Waals surface area contributed by atoms with E-state index in [9.17, 15) is 18.0 Å². The average molecular weight is 431 g/mol. The number of nitrogens with zero attached hydrogens (tertiary/aromatic N) is 3. The molecule has 1 aliphatic rings. The smallest absolute Gasteiger partial charge is 0.466 e. The number of aromatic nitrogens is 3. The second-order valence-electron chi connectivity index (χ2n) is 7.31. The minimum atomic E-state index is -4.73. The van der Waals surface area contributed by atoms with E-state index in [1.165, 1.54) is 35.3 Å². The van der Waals surface area contributed by atoms with Crippen LogP contribution < -0.4 is 4.74 Å². The van der Waals surface area contributed by atoms with Gasteiger partial charge >= 0.3 is 12.3 Å². The Balaban J connectivity index is 1.38. The van der Waals surface area contributed by atoms with Crippen LogP contribution >= 0.6 is 0 Å². The van der Waals surface area contributed by atoms with Crippen LogP contribution in [0, 0.1) is 11.8 Å². The van der Waals surface area contributed by atoms with Crippen molar-refractivity contribution in [2.45, 2.75) is 26.1 Å². The second kappa shape index (κ2) is 8.41. The van der Waals surface area contributed by atoms with Crippen LogP contribution in [0.5, 0.6) is 5.75 Å². The van der Waals surface area contributed by atoms with Crippen LogP contribution in [0.2, 0.25) is 0 Å². The molecular formula is C22H20F3N3O3. The van der Waals surface area contributed by atoms with Crippen LogP contribution in [0.15, 0.2) is 54.9 Å². The Morgan fingerprint density at radius 2 is 1.84 bits per heavy atom. The summed E-state index contributed by atoms with van der Waals surface area (Å²) in [5.74, 6) is 0.416. The van der Waals surface area contributed by atoms with Crippen LogP contribution in [-0.4, -0.2) is 33.7 Å². The van der Waals surface area contributed by atoms with Crippen molar-refractivity contribution >= 4 is 5.97 Å². The number of hydrogen-bond donors (Lipinski definition) is 0. The third kappa shape index (κ3) is 5.22. The van der Waals surface area contributed by atoms with Crippen molar-refractivity contribution in [2.75, 3.05) is 6.61 Å². The summed E-state index contributed by atoms with van der Waals surface area (Å²) < 4.78 is 47.2. The Hall–Kier alpha value is -3.36. The van der Waals surface area contributed by atoms with Crippen LogP contribution in [0.4, 0.5) is 13.2 Å². The Labute approximate surface area is 176 Å². The Morgan fingerprint density at radius 3 is 2.48 bits per heavy atom. The topological polar surface area (TPSA) is 66.2 Å². The van der Waals surface area contributed by atoms with E-state index in [2.05, 4.69) is 14.8 Å².